The molecule has 0 radical (unpaired) electrons. The average Bonchev–Trinajstić information content (AvgIpc) is 2.86. The first-order valence-electron chi connectivity index (χ1n) is 10.4. The summed E-state index contributed by atoms with van der Waals surface area (Å²) >= 11 is 0. The van der Waals surface area contributed by atoms with Crippen LogP contribution < -0.4 is 0 Å². The minimum atomic E-state index is -1.55. The summed E-state index contributed by atoms with van der Waals surface area (Å²) in [5.74, 6) is 0.497. The maximum atomic E-state index is 12.3. The lowest BCUT2D eigenvalue weighted by Crippen LogP contribution is -2.63. The van der Waals surface area contributed by atoms with Crippen molar-refractivity contribution in [3.8, 4) is 0 Å². The summed E-state index contributed by atoms with van der Waals surface area (Å²) in [5, 5.41) is 51.3. The maximum absolute atomic E-state index is 12.3. The van der Waals surface area contributed by atoms with Crippen LogP contribution in [0, 0.1) is 11.8 Å². The lowest BCUT2D eigenvalue weighted by Gasteiger charge is -2.48. The topological polar surface area (TPSA) is 137 Å². The maximum Gasteiger partial charge on any atom is 0.187 e. The fourth-order valence-electron chi connectivity index (χ4n) is 4.89. The summed E-state index contributed by atoms with van der Waals surface area (Å²) in [5.41, 5.74) is -0.844. The molecule has 3 rings (SSSR count). The van der Waals surface area contributed by atoms with Crippen molar-refractivity contribution < 1.29 is 39.8 Å². The molecule has 1 aliphatic heterocycles. The van der Waals surface area contributed by atoms with Crippen LogP contribution in [-0.2, 0) is 14.3 Å². The quantitative estimate of drug-likeness (QED) is 0.435. The summed E-state index contributed by atoms with van der Waals surface area (Å²) in [6.07, 6.45) is -5.06. The Bertz CT molecular complexity index is 672. The Labute approximate surface area is 171 Å². The highest BCUT2D eigenvalue weighted by Crippen LogP contribution is 2.49. The number of carbonyl (C=O) groups is 1. The van der Waals surface area contributed by atoms with Crippen molar-refractivity contribution in [3.05, 3.63) is 11.1 Å². The van der Waals surface area contributed by atoms with Crippen molar-refractivity contribution >= 4 is 5.78 Å². The van der Waals surface area contributed by atoms with E-state index in [0.29, 0.717) is 24.8 Å². The molecule has 0 aromatic rings. The second-order valence-corrected chi connectivity index (χ2v) is 9.43. The van der Waals surface area contributed by atoms with E-state index in [0.717, 1.165) is 5.57 Å². The Morgan fingerprint density at radius 2 is 1.86 bits per heavy atom. The number of hydrogen-bond acceptors (Lipinski definition) is 8. The number of fused-ring (bicyclic) bond motifs is 1. The third-order valence-electron chi connectivity index (χ3n) is 7.32. The van der Waals surface area contributed by atoms with Gasteiger partial charge in [-0.25, -0.2) is 0 Å². The van der Waals surface area contributed by atoms with Gasteiger partial charge in [-0.1, -0.05) is 12.5 Å². The van der Waals surface area contributed by atoms with Crippen LogP contribution in [0.15, 0.2) is 11.1 Å². The zero-order valence-electron chi connectivity index (χ0n) is 17.5. The van der Waals surface area contributed by atoms with Crippen LogP contribution in [0.25, 0.3) is 0 Å². The molecule has 1 saturated heterocycles. The molecule has 0 spiro atoms. The lowest BCUT2D eigenvalue weighted by atomic mass is 9.77. The second kappa shape index (κ2) is 8.00. The molecule has 5 N–H and O–H groups in total. The predicted octanol–water partition coefficient (Wildman–Crippen LogP) is 0.0381. The number of allylic oxidation sites excluding steroid dienone is 1. The fraction of sp³-hybridized carbons (Fsp3) is 0.857. The molecule has 0 bridgehead atoms. The van der Waals surface area contributed by atoms with Gasteiger partial charge in [-0.05, 0) is 51.0 Å². The summed E-state index contributed by atoms with van der Waals surface area (Å²) in [4.78, 5) is 12.3. The van der Waals surface area contributed by atoms with E-state index < -0.39 is 48.5 Å². The Kier molecular flexibility index (Phi) is 6.29. The molecule has 0 aromatic heterocycles. The molecule has 0 aromatic carbocycles. The van der Waals surface area contributed by atoms with Crippen LogP contribution in [0.2, 0.25) is 0 Å². The van der Waals surface area contributed by atoms with E-state index in [9.17, 15) is 30.3 Å². The lowest BCUT2D eigenvalue weighted by molar-refractivity contribution is -0.341. The molecule has 1 heterocycles. The summed E-state index contributed by atoms with van der Waals surface area (Å²) < 4.78 is 11.4. The summed E-state index contributed by atoms with van der Waals surface area (Å²) in [7, 11) is 0. The van der Waals surface area contributed by atoms with Gasteiger partial charge in [-0.2, -0.15) is 0 Å². The van der Waals surface area contributed by atoms with Crippen LogP contribution in [0.3, 0.4) is 0 Å². The van der Waals surface area contributed by atoms with E-state index in [-0.39, 0.29) is 24.0 Å². The number of carbonyl (C=O) groups excluding carboxylic acids is 1. The number of aliphatic hydroxyl groups excluding tert-OH is 4. The molecule has 8 unspecified atom stereocenters. The van der Waals surface area contributed by atoms with Crippen molar-refractivity contribution in [3.63, 3.8) is 0 Å². The molecule has 1 saturated carbocycles. The predicted molar refractivity (Wildman–Crippen MR) is 103 cm³/mol. The van der Waals surface area contributed by atoms with E-state index in [1.54, 1.807) is 13.8 Å². The molecular weight excluding hydrogens is 380 g/mol. The van der Waals surface area contributed by atoms with Crippen molar-refractivity contribution in [1.29, 1.82) is 0 Å². The van der Waals surface area contributed by atoms with Gasteiger partial charge in [0.1, 0.15) is 24.4 Å². The highest BCUT2D eigenvalue weighted by atomic mass is 16.7. The van der Waals surface area contributed by atoms with Gasteiger partial charge in [0.25, 0.3) is 0 Å². The summed E-state index contributed by atoms with van der Waals surface area (Å²) in [6, 6.07) is 0. The summed E-state index contributed by atoms with van der Waals surface area (Å²) in [6.45, 7) is 6.72. The molecule has 0 amide bonds. The Morgan fingerprint density at radius 3 is 2.48 bits per heavy atom. The Balaban J connectivity index is 1.85. The number of ether oxygens (including phenoxy) is 2. The molecule has 2 aliphatic carbocycles. The van der Waals surface area contributed by atoms with E-state index >= 15 is 0 Å². The molecule has 8 atom stereocenters. The highest BCUT2D eigenvalue weighted by Gasteiger charge is 2.53. The Hall–Kier alpha value is -0.870. The van der Waals surface area contributed by atoms with Gasteiger partial charge in [-0.15, -0.1) is 0 Å². The van der Waals surface area contributed by atoms with Gasteiger partial charge < -0.3 is 35.0 Å². The first-order chi connectivity index (χ1) is 13.4. The minimum absolute atomic E-state index is 0.119. The molecule has 8 heteroatoms. The van der Waals surface area contributed by atoms with Crippen LogP contribution in [-0.4, -0.2) is 79.8 Å². The molecule has 2 fully saturated rings. The normalized spacial score (nSPS) is 44.0. The van der Waals surface area contributed by atoms with E-state index in [1.165, 1.54) is 0 Å². The molecule has 8 nitrogen and oxygen atoms in total. The van der Waals surface area contributed by atoms with Crippen molar-refractivity contribution in [2.24, 2.45) is 11.8 Å². The number of hydrogen-bond donors (Lipinski definition) is 5. The Morgan fingerprint density at radius 1 is 1.21 bits per heavy atom. The van der Waals surface area contributed by atoms with Crippen molar-refractivity contribution in [1.82, 2.24) is 0 Å². The van der Waals surface area contributed by atoms with Gasteiger partial charge in [0.05, 0.1) is 17.8 Å². The van der Waals surface area contributed by atoms with Crippen molar-refractivity contribution in [2.75, 3.05) is 6.61 Å². The van der Waals surface area contributed by atoms with Gasteiger partial charge in [-0.3, -0.25) is 4.79 Å². The highest BCUT2D eigenvalue weighted by molar-refractivity contribution is 5.98. The van der Waals surface area contributed by atoms with Crippen molar-refractivity contribution in [2.45, 2.75) is 95.3 Å². The van der Waals surface area contributed by atoms with Gasteiger partial charge in [0.15, 0.2) is 12.1 Å². The second-order valence-electron chi connectivity index (χ2n) is 9.43. The third kappa shape index (κ3) is 3.92. The number of aliphatic hydroxyl groups is 5. The van der Waals surface area contributed by atoms with E-state index in [2.05, 4.69) is 6.92 Å². The zero-order valence-corrected chi connectivity index (χ0v) is 17.5. The molecule has 3 aliphatic rings. The molecular formula is C21H34O8. The molecule has 166 valence electrons. The first-order valence-corrected chi connectivity index (χ1v) is 10.4. The van der Waals surface area contributed by atoms with Gasteiger partial charge in [0, 0.05) is 12.8 Å². The first kappa shape index (κ1) is 22.8. The van der Waals surface area contributed by atoms with E-state index in [1.807, 2.05) is 6.92 Å². The van der Waals surface area contributed by atoms with E-state index in [4.69, 9.17) is 9.47 Å². The fourth-order valence-corrected chi connectivity index (χ4v) is 4.89. The average molecular weight is 414 g/mol. The number of ketones is 1. The van der Waals surface area contributed by atoms with Gasteiger partial charge >= 0.3 is 0 Å². The largest absolute Gasteiger partial charge is 0.394 e. The van der Waals surface area contributed by atoms with Crippen LogP contribution >= 0.6 is 0 Å². The van der Waals surface area contributed by atoms with Gasteiger partial charge in [0.2, 0.25) is 0 Å². The monoisotopic (exact) mass is 414 g/mol. The third-order valence-corrected chi connectivity index (χ3v) is 7.32. The van der Waals surface area contributed by atoms with Crippen LogP contribution in [0.1, 0.15) is 53.4 Å². The SMILES string of the molecule is CC1=C2CC(O)(C(C)(C)OC3OC(CO)C(O)C(O)C3O)CCC(C)C2CC1=O. The number of rotatable bonds is 4. The zero-order chi connectivity index (χ0) is 21.7. The number of Topliss-reactive ketones (excluding diaryl/α,β-unsaturated/α-hetero) is 1. The minimum Gasteiger partial charge on any atom is -0.394 e. The molecule has 29 heavy (non-hydrogen) atoms. The smallest absolute Gasteiger partial charge is 0.187 e. The standard InChI is InChI=1S/C21H34O8/c1-10-5-6-21(27,8-13-11(2)14(23)7-12(10)13)20(3,4)29-19-18(26)17(25)16(24)15(9-22)28-19/h10,12,15-19,22,24-27H,5-9H2,1-4H3. The van der Waals surface area contributed by atoms with Crippen LogP contribution in [0.5, 0.6) is 0 Å². The van der Waals surface area contributed by atoms with Crippen LogP contribution in [0.4, 0.5) is 0 Å².